The number of hydrogen-bond donors (Lipinski definition) is 1. The number of thioether (sulfide) groups is 1. The van der Waals surface area contributed by atoms with Gasteiger partial charge in [-0.15, -0.1) is 10.2 Å². The van der Waals surface area contributed by atoms with Crippen LogP contribution in [0.2, 0.25) is 0 Å². The number of furan rings is 1. The fraction of sp³-hybridized carbons (Fsp3) is 0.208. The number of halogens is 1. The first-order chi connectivity index (χ1) is 15.5. The third-order valence-corrected chi connectivity index (χ3v) is 5.71. The predicted molar refractivity (Wildman–Crippen MR) is 122 cm³/mol. The zero-order valence-corrected chi connectivity index (χ0v) is 18.6. The summed E-state index contributed by atoms with van der Waals surface area (Å²) in [4.78, 5) is 12.2. The Kier molecular flexibility index (Phi) is 6.70. The number of hydrogen-bond acceptors (Lipinski definition) is 5. The molecule has 0 aliphatic carbocycles. The first-order valence-electron chi connectivity index (χ1n) is 10.3. The van der Waals surface area contributed by atoms with Crippen molar-refractivity contribution in [2.45, 2.75) is 24.8 Å². The van der Waals surface area contributed by atoms with E-state index in [0.717, 1.165) is 11.3 Å². The Morgan fingerprint density at radius 2 is 1.84 bits per heavy atom. The van der Waals surface area contributed by atoms with Crippen LogP contribution in [0.15, 0.2) is 76.5 Å². The molecule has 4 rings (SSSR count). The summed E-state index contributed by atoms with van der Waals surface area (Å²) in [6, 6.07) is 17.3. The van der Waals surface area contributed by atoms with Gasteiger partial charge in [0.2, 0.25) is 5.82 Å². The number of rotatable bonds is 8. The molecule has 164 valence electrons. The maximum atomic E-state index is 13.5. The minimum Gasteiger partial charge on any atom is -0.461 e. The maximum Gasteiger partial charge on any atom is 0.251 e. The topological polar surface area (TPSA) is 73.0 Å². The number of aromatic nitrogens is 3. The normalized spacial score (nSPS) is 11.1. The Morgan fingerprint density at radius 1 is 1.09 bits per heavy atom. The molecule has 0 unspecified atom stereocenters. The Bertz CT molecular complexity index is 1170. The lowest BCUT2D eigenvalue weighted by Crippen LogP contribution is -2.27. The lowest BCUT2D eigenvalue weighted by atomic mass is 10.1. The monoisotopic (exact) mass is 450 g/mol. The van der Waals surface area contributed by atoms with Crippen LogP contribution in [0, 0.1) is 11.7 Å². The molecule has 2 aromatic heterocycles. The number of carbonyl (C=O) groups excluding carboxylic acids is 1. The van der Waals surface area contributed by atoms with Crippen LogP contribution in [-0.2, 0) is 5.75 Å². The van der Waals surface area contributed by atoms with E-state index in [1.807, 2.05) is 34.9 Å². The van der Waals surface area contributed by atoms with Crippen LogP contribution in [0.1, 0.15) is 29.8 Å². The highest BCUT2D eigenvalue weighted by Gasteiger charge is 2.18. The Labute approximate surface area is 189 Å². The number of nitrogens with zero attached hydrogens (tertiary/aromatic N) is 3. The zero-order valence-electron chi connectivity index (χ0n) is 17.8. The van der Waals surface area contributed by atoms with E-state index in [1.54, 1.807) is 24.5 Å². The van der Waals surface area contributed by atoms with Crippen molar-refractivity contribution >= 4 is 17.7 Å². The first-order valence-corrected chi connectivity index (χ1v) is 11.2. The van der Waals surface area contributed by atoms with Gasteiger partial charge in [-0.05, 0) is 60.0 Å². The van der Waals surface area contributed by atoms with Gasteiger partial charge in [0.05, 0.1) is 12.0 Å². The third kappa shape index (κ3) is 5.08. The van der Waals surface area contributed by atoms with Crippen molar-refractivity contribution in [2.24, 2.45) is 5.92 Å². The predicted octanol–water partition coefficient (Wildman–Crippen LogP) is 5.34. The number of nitrogens with one attached hydrogen (secondary N) is 1. The SMILES string of the molecule is CC(C)CNC(=O)c1ccc(CSc2nnc(-c3ccco3)n2-c2ccc(F)cc2)cc1. The van der Waals surface area contributed by atoms with Gasteiger partial charge in [0.25, 0.3) is 5.91 Å². The average Bonchev–Trinajstić information content (AvgIpc) is 3.47. The van der Waals surface area contributed by atoms with Gasteiger partial charge in [0, 0.05) is 17.9 Å². The summed E-state index contributed by atoms with van der Waals surface area (Å²) in [7, 11) is 0. The van der Waals surface area contributed by atoms with Gasteiger partial charge in [0.1, 0.15) is 5.82 Å². The minimum atomic E-state index is -0.312. The van der Waals surface area contributed by atoms with E-state index < -0.39 is 0 Å². The van der Waals surface area contributed by atoms with Gasteiger partial charge < -0.3 is 9.73 Å². The molecule has 2 aromatic carbocycles. The average molecular weight is 451 g/mol. The molecule has 1 amide bonds. The van der Waals surface area contributed by atoms with Crippen molar-refractivity contribution in [3.63, 3.8) is 0 Å². The van der Waals surface area contributed by atoms with E-state index in [2.05, 4.69) is 29.4 Å². The minimum absolute atomic E-state index is 0.0722. The molecule has 0 bridgehead atoms. The van der Waals surface area contributed by atoms with Gasteiger partial charge in [-0.25, -0.2) is 4.39 Å². The first kappa shape index (κ1) is 21.8. The molecule has 1 N–H and O–H groups in total. The molecule has 0 aliphatic heterocycles. The molecule has 0 radical (unpaired) electrons. The van der Waals surface area contributed by atoms with Crippen LogP contribution in [0.4, 0.5) is 4.39 Å². The van der Waals surface area contributed by atoms with Crippen molar-refractivity contribution in [3.8, 4) is 17.3 Å². The van der Waals surface area contributed by atoms with Crippen molar-refractivity contribution in [2.75, 3.05) is 6.54 Å². The number of amides is 1. The molecule has 4 aromatic rings. The smallest absolute Gasteiger partial charge is 0.251 e. The number of benzene rings is 2. The van der Waals surface area contributed by atoms with Gasteiger partial charge in [-0.1, -0.05) is 37.7 Å². The number of carbonyl (C=O) groups is 1. The second-order valence-electron chi connectivity index (χ2n) is 7.68. The van der Waals surface area contributed by atoms with Gasteiger partial charge in [0.15, 0.2) is 10.9 Å². The fourth-order valence-electron chi connectivity index (χ4n) is 3.05. The van der Waals surface area contributed by atoms with E-state index in [0.29, 0.717) is 40.5 Å². The molecule has 0 fully saturated rings. The van der Waals surface area contributed by atoms with Gasteiger partial charge >= 0.3 is 0 Å². The molecule has 0 spiro atoms. The van der Waals surface area contributed by atoms with Crippen LogP contribution < -0.4 is 5.32 Å². The van der Waals surface area contributed by atoms with Crippen LogP contribution >= 0.6 is 11.8 Å². The molecule has 0 saturated heterocycles. The molecule has 2 heterocycles. The van der Waals surface area contributed by atoms with Crippen LogP contribution in [0.5, 0.6) is 0 Å². The highest BCUT2D eigenvalue weighted by atomic mass is 32.2. The molecule has 32 heavy (non-hydrogen) atoms. The highest BCUT2D eigenvalue weighted by molar-refractivity contribution is 7.98. The molecule has 0 saturated carbocycles. The van der Waals surface area contributed by atoms with Gasteiger partial charge in [-0.3, -0.25) is 9.36 Å². The Morgan fingerprint density at radius 3 is 2.50 bits per heavy atom. The van der Waals surface area contributed by atoms with E-state index in [9.17, 15) is 9.18 Å². The lowest BCUT2D eigenvalue weighted by molar-refractivity contribution is 0.0949. The highest BCUT2D eigenvalue weighted by Crippen LogP contribution is 2.30. The fourth-order valence-corrected chi connectivity index (χ4v) is 3.96. The molecule has 0 aliphatic rings. The summed E-state index contributed by atoms with van der Waals surface area (Å²) >= 11 is 1.50. The second-order valence-corrected chi connectivity index (χ2v) is 8.63. The Hall–Kier alpha value is -3.39. The van der Waals surface area contributed by atoms with Gasteiger partial charge in [-0.2, -0.15) is 0 Å². The van der Waals surface area contributed by atoms with E-state index in [-0.39, 0.29) is 11.7 Å². The lowest BCUT2D eigenvalue weighted by Gasteiger charge is -2.10. The summed E-state index contributed by atoms with van der Waals surface area (Å²) in [6.07, 6.45) is 1.57. The molecular weight excluding hydrogens is 427 g/mol. The third-order valence-electron chi connectivity index (χ3n) is 4.71. The molecule has 6 nitrogen and oxygen atoms in total. The van der Waals surface area contributed by atoms with Crippen molar-refractivity contribution in [1.29, 1.82) is 0 Å². The second kappa shape index (κ2) is 9.82. The van der Waals surface area contributed by atoms with E-state index >= 15 is 0 Å². The van der Waals surface area contributed by atoms with E-state index in [4.69, 9.17) is 4.42 Å². The summed E-state index contributed by atoms with van der Waals surface area (Å²) in [6.45, 7) is 4.76. The molecule has 8 heteroatoms. The van der Waals surface area contributed by atoms with Crippen LogP contribution in [0.25, 0.3) is 17.3 Å². The summed E-state index contributed by atoms with van der Waals surface area (Å²) in [5.74, 6) is 1.77. The standard InChI is InChI=1S/C24H23FN4O2S/c1-16(2)14-26-23(30)18-7-5-17(6-8-18)15-32-24-28-27-22(21-4-3-13-31-21)29(24)20-11-9-19(25)10-12-20/h3-13,16H,14-15H2,1-2H3,(H,26,30). The van der Waals surface area contributed by atoms with Crippen molar-refractivity contribution < 1.29 is 13.6 Å². The van der Waals surface area contributed by atoms with Crippen molar-refractivity contribution in [3.05, 3.63) is 83.9 Å². The van der Waals surface area contributed by atoms with Crippen molar-refractivity contribution in [1.82, 2.24) is 20.1 Å². The summed E-state index contributed by atoms with van der Waals surface area (Å²) < 4.78 is 20.8. The summed E-state index contributed by atoms with van der Waals surface area (Å²) in [5.41, 5.74) is 2.42. The Balaban J connectivity index is 1.52. The molecule has 0 atom stereocenters. The van der Waals surface area contributed by atoms with E-state index in [1.165, 1.54) is 23.9 Å². The van der Waals surface area contributed by atoms with Crippen LogP contribution in [-0.4, -0.2) is 27.2 Å². The quantitative estimate of drug-likeness (QED) is 0.367. The van der Waals surface area contributed by atoms with Crippen LogP contribution in [0.3, 0.4) is 0 Å². The summed E-state index contributed by atoms with van der Waals surface area (Å²) in [5, 5.41) is 12.2. The largest absolute Gasteiger partial charge is 0.461 e. The maximum absolute atomic E-state index is 13.5. The zero-order chi connectivity index (χ0) is 22.5. The molecular formula is C24H23FN4O2S.